The normalized spacial score (nSPS) is 10.8. The summed E-state index contributed by atoms with van der Waals surface area (Å²) in [5, 5.41) is 17.3. The SMILES string of the molecule is CCc1c(CO)nnn1-c1cccc(SC)c1. The summed E-state index contributed by atoms with van der Waals surface area (Å²) in [4.78, 5) is 1.19. The molecule has 0 saturated carbocycles. The van der Waals surface area contributed by atoms with Crippen molar-refractivity contribution >= 4 is 11.8 Å². The molecular formula is C12H15N3OS. The Balaban J connectivity index is 2.48. The minimum atomic E-state index is -0.0641. The van der Waals surface area contributed by atoms with E-state index in [1.54, 1.807) is 16.4 Å². The summed E-state index contributed by atoms with van der Waals surface area (Å²) in [6.07, 6.45) is 2.84. The van der Waals surface area contributed by atoms with E-state index in [9.17, 15) is 5.11 Å². The molecule has 17 heavy (non-hydrogen) atoms. The lowest BCUT2D eigenvalue weighted by atomic mass is 10.2. The summed E-state index contributed by atoms with van der Waals surface area (Å²) < 4.78 is 1.80. The van der Waals surface area contributed by atoms with Crippen molar-refractivity contribution in [3.63, 3.8) is 0 Å². The molecule has 0 aliphatic heterocycles. The molecule has 0 radical (unpaired) electrons. The zero-order valence-corrected chi connectivity index (χ0v) is 10.7. The van der Waals surface area contributed by atoms with Gasteiger partial charge in [-0.2, -0.15) is 0 Å². The van der Waals surface area contributed by atoms with Gasteiger partial charge < -0.3 is 5.11 Å². The van der Waals surface area contributed by atoms with Crippen LogP contribution in [0.25, 0.3) is 5.69 Å². The molecule has 0 atom stereocenters. The first-order valence-electron chi connectivity index (χ1n) is 5.49. The van der Waals surface area contributed by atoms with E-state index < -0.39 is 0 Å². The molecule has 0 amide bonds. The standard InChI is InChI=1S/C12H15N3OS/c1-3-12-11(8-16)13-14-15(12)9-5-4-6-10(7-9)17-2/h4-7,16H,3,8H2,1-2H3. The Bertz CT molecular complexity index is 510. The third kappa shape index (κ3) is 2.35. The molecule has 2 rings (SSSR count). The minimum Gasteiger partial charge on any atom is -0.390 e. The van der Waals surface area contributed by atoms with Crippen molar-refractivity contribution < 1.29 is 5.11 Å². The van der Waals surface area contributed by atoms with Gasteiger partial charge in [-0.15, -0.1) is 16.9 Å². The Labute approximate surface area is 105 Å². The van der Waals surface area contributed by atoms with Gasteiger partial charge in [0.1, 0.15) is 5.69 Å². The summed E-state index contributed by atoms with van der Waals surface area (Å²) >= 11 is 1.69. The molecule has 0 aliphatic carbocycles. The summed E-state index contributed by atoms with van der Waals surface area (Å²) in [7, 11) is 0. The second kappa shape index (κ2) is 5.33. The van der Waals surface area contributed by atoms with Gasteiger partial charge in [0.2, 0.25) is 0 Å². The summed E-state index contributed by atoms with van der Waals surface area (Å²) in [5.74, 6) is 0. The number of rotatable bonds is 4. The summed E-state index contributed by atoms with van der Waals surface area (Å²) in [6, 6.07) is 8.12. The van der Waals surface area contributed by atoms with Crippen LogP contribution in [0.2, 0.25) is 0 Å². The van der Waals surface area contributed by atoms with Crippen LogP contribution >= 0.6 is 11.8 Å². The molecule has 0 saturated heterocycles. The van der Waals surface area contributed by atoms with E-state index >= 15 is 0 Å². The number of aliphatic hydroxyl groups is 1. The second-order valence-corrected chi connectivity index (χ2v) is 4.49. The Morgan fingerprint density at radius 3 is 2.88 bits per heavy atom. The van der Waals surface area contributed by atoms with E-state index in [1.807, 2.05) is 25.3 Å². The van der Waals surface area contributed by atoms with E-state index in [-0.39, 0.29) is 6.61 Å². The van der Waals surface area contributed by atoms with Crippen LogP contribution in [0.15, 0.2) is 29.2 Å². The van der Waals surface area contributed by atoms with Crippen LogP contribution in [0.3, 0.4) is 0 Å². The largest absolute Gasteiger partial charge is 0.390 e. The lowest BCUT2D eigenvalue weighted by molar-refractivity contribution is 0.275. The Morgan fingerprint density at radius 2 is 2.24 bits per heavy atom. The quantitative estimate of drug-likeness (QED) is 0.843. The van der Waals surface area contributed by atoms with E-state index in [0.717, 1.165) is 17.8 Å². The molecule has 1 heterocycles. The van der Waals surface area contributed by atoms with Gasteiger partial charge in [0.15, 0.2) is 0 Å². The van der Waals surface area contributed by atoms with Crippen molar-refractivity contribution in [2.45, 2.75) is 24.8 Å². The number of aliphatic hydroxyl groups excluding tert-OH is 1. The van der Waals surface area contributed by atoms with Gasteiger partial charge >= 0.3 is 0 Å². The van der Waals surface area contributed by atoms with Crippen LogP contribution < -0.4 is 0 Å². The van der Waals surface area contributed by atoms with E-state index in [2.05, 4.69) is 22.4 Å². The van der Waals surface area contributed by atoms with Gasteiger partial charge in [0, 0.05) is 4.90 Å². The maximum atomic E-state index is 9.19. The third-order valence-corrected chi connectivity index (χ3v) is 3.35. The van der Waals surface area contributed by atoms with Gasteiger partial charge in [0.05, 0.1) is 18.0 Å². The molecule has 4 nitrogen and oxygen atoms in total. The Kier molecular flexibility index (Phi) is 3.81. The molecule has 0 unspecified atom stereocenters. The summed E-state index contributed by atoms with van der Waals surface area (Å²) in [5.41, 5.74) is 2.61. The first-order valence-corrected chi connectivity index (χ1v) is 6.71. The van der Waals surface area contributed by atoms with Gasteiger partial charge in [-0.1, -0.05) is 18.2 Å². The van der Waals surface area contributed by atoms with Crippen LogP contribution in [0.5, 0.6) is 0 Å². The molecule has 1 aromatic carbocycles. The maximum absolute atomic E-state index is 9.19. The monoisotopic (exact) mass is 249 g/mol. The number of benzene rings is 1. The Morgan fingerprint density at radius 1 is 1.41 bits per heavy atom. The van der Waals surface area contributed by atoms with Crippen molar-refractivity contribution in [1.82, 2.24) is 15.0 Å². The van der Waals surface area contributed by atoms with E-state index in [0.29, 0.717) is 5.69 Å². The predicted molar refractivity (Wildman–Crippen MR) is 68.4 cm³/mol. The predicted octanol–water partition coefficient (Wildman–Crippen LogP) is 2.04. The number of thioether (sulfide) groups is 1. The van der Waals surface area contributed by atoms with Gasteiger partial charge in [0.25, 0.3) is 0 Å². The molecule has 0 bridgehead atoms. The topological polar surface area (TPSA) is 50.9 Å². The second-order valence-electron chi connectivity index (χ2n) is 3.61. The lowest BCUT2D eigenvalue weighted by Gasteiger charge is -2.06. The van der Waals surface area contributed by atoms with Crippen LogP contribution in [0.4, 0.5) is 0 Å². The molecule has 0 spiro atoms. The average Bonchev–Trinajstić information content (AvgIpc) is 2.81. The highest BCUT2D eigenvalue weighted by Gasteiger charge is 2.11. The number of nitrogens with zero attached hydrogens (tertiary/aromatic N) is 3. The van der Waals surface area contributed by atoms with Gasteiger partial charge in [-0.05, 0) is 30.9 Å². The van der Waals surface area contributed by atoms with Crippen molar-refractivity contribution in [3.8, 4) is 5.69 Å². The highest BCUT2D eigenvalue weighted by atomic mass is 32.2. The Hall–Kier alpha value is -1.33. The number of aromatic nitrogens is 3. The minimum absolute atomic E-state index is 0.0641. The fourth-order valence-electron chi connectivity index (χ4n) is 1.76. The zero-order valence-electron chi connectivity index (χ0n) is 9.92. The van der Waals surface area contributed by atoms with Crippen molar-refractivity contribution in [2.75, 3.05) is 6.26 Å². The number of hydrogen-bond donors (Lipinski definition) is 1. The molecule has 1 N–H and O–H groups in total. The van der Waals surface area contributed by atoms with Crippen molar-refractivity contribution in [2.24, 2.45) is 0 Å². The van der Waals surface area contributed by atoms with Crippen LogP contribution in [-0.4, -0.2) is 26.4 Å². The van der Waals surface area contributed by atoms with E-state index in [1.165, 1.54) is 4.90 Å². The summed E-state index contributed by atoms with van der Waals surface area (Å²) in [6.45, 7) is 1.97. The zero-order chi connectivity index (χ0) is 12.3. The molecular weight excluding hydrogens is 234 g/mol. The fraction of sp³-hybridized carbons (Fsp3) is 0.333. The van der Waals surface area contributed by atoms with Crippen LogP contribution in [-0.2, 0) is 13.0 Å². The van der Waals surface area contributed by atoms with E-state index in [4.69, 9.17) is 0 Å². The molecule has 2 aromatic rings. The highest BCUT2D eigenvalue weighted by Crippen LogP contribution is 2.20. The molecule has 5 heteroatoms. The van der Waals surface area contributed by atoms with Crippen LogP contribution in [0, 0.1) is 0 Å². The maximum Gasteiger partial charge on any atom is 0.112 e. The van der Waals surface area contributed by atoms with Gasteiger partial charge in [-0.25, -0.2) is 4.68 Å². The third-order valence-electron chi connectivity index (χ3n) is 2.63. The molecule has 0 fully saturated rings. The molecule has 90 valence electrons. The average molecular weight is 249 g/mol. The smallest absolute Gasteiger partial charge is 0.112 e. The highest BCUT2D eigenvalue weighted by molar-refractivity contribution is 7.98. The van der Waals surface area contributed by atoms with Gasteiger partial charge in [-0.3, -0.25) is 0 Å². The number of hydrogen-bond acceptors (Lipinski definition) is 4. The van der Waals surface area contributed by atoms with Crippen LogP contribution in [0.1, 0.15) is 18.3 Å². The fourth-order valence-corrected chi connectivity index (χ4v) is 2.21. The first-order chi connectivity index (χ1) is 8.30. The first kappa shape index (κ1) is 12.1. The molecule has 1 aromatic heterocycles. The lowest BCUT2D eigenvalue weighted by Crippen LogP contribution is -2.02. The van der Waals surface area contributed by atoms with Crippen molar-refractivity contribution in [1.29, 1.82) is 0 Å². The van der Waals surface area contributed by atoms with Crippen molar-refractivity contribution in [3.05, 3.63) is 35.7 Å². The molecule has 0 aliphatic rings.